The summed E-state index contributed by atoms with van der Waals surface area (Å²) in [7, 11) is -4.98. The predicted molar refractivity (Wildman–Crippen MR) is 265 cm³/mol. The fourth-order valence-electron chi connectivity index (χ4n) is 7.87. The molecule has 10 atom stereocenters. The number of thiol groups is 1. The van der Waals surface area contributed by atoms with E-state index in [2.05, 4.69) is 120 Å². The number of H-pyrrole nitrogens is 2. The first-order valence-corrected chi connectivity index (χ1v) is 33.5. The number of hydrogen-bond acceptors (Lipinski definition) is 14. The molecule has 2 saturated carbocycles. The van der Waals surface area contributed by atoms with Crippen molar-refractivity contribution >= 4 is 37.6 Å². The Morgan fingerprint density at radius 2 is 1.27 bits per heavy atom. The lowest BCUT2D eigenvalue weighted by atomic mass is 10.1. The van der Waals surface area contributed by atoms with Crippen LogP contribution in [0.5, 0.6) is 11.9 Å². The van der Waals surface area contributed by atoms with E-state index in [0.29, 0.717) is 48.1 Å². The van der Waals surface area contributed by atoms with Gasteiger partial charge in [0, 0.05) is 48.6 Å². The second-order valence-corrected chi connectivity index (χ2v) is 34.8. The highest BCUT2D eigenvalue weighted by molar-refractivity contribution is 7.80. The van der Waals surface area contributed by atoms with Crippen molar-refractivity contribution < 1.29 is 32.2 Å². The first-order valence-electron chi connectivity index (χ1n) is 23.2. The zero-order valence-corrected chi connectivity index (χ0v) is 45.0. The second kappa shape index (κ2) is 22.2. The average molecular weight is 991 g/mol. The van der Waals surface area contributed by atoms with Crippen molar-refractivity contribution in [2.45, 2.75) is 161 Å². The van der Waals surface area contributed by atoms with Crippen LogP contribution in [-0.2, 0) is 23.4 Å². The number of ether oxygens (including phenoxy) is 4. The van der Waals surface area contributed by atoms with Crippen LogP contribution >= 0.6 is 12.6 Å². The van der Waals surface area contributed by atoms with Crippen LogP contribution in [-0.4, -0.2) is 91.0 Å². The molecule has 17 nitrogen and oxygen atoms in total. The molecular formula is C45H74N6O11SSi3. The van der Waals surface area contributed by atoms with Crippen molar-refractivity contribution in [2.24, 2.45) is 23.7 Å². The molecule has 5 aliphatic rings. The molecule has 21 heteroatoms. The van der Waals surface area contributed by atoms with E-state index in [-0.39, 0.29) is 64.4 Å². The maximum atomic E-state index is 11.6. The molecule has 66 heavy (non-hydrogen) atoms. The highest BCUT2D eigenvalue weighted by Crippen LogP contribution is 2.57. The van der Waals surface area contributed by atoms with Crippen LogP contribution in [0.3, 0.4) is 0 Å². The third-order valence-electron chi connectivity index (χ3n) is 12.4. The van der Waals surface area contributed by atoms with E-state index >= 15 is 0 Å². The summed E-state index contributed by atoms with van der Waals surface area (Å²) in [4.78, 5) is 58.0. The quantitative estimate of drug-likeness (QED) is 0.0868. The van der Waals surface area contributed by atoms with Crippen molar-refractivity contribution in [3.8, 4) is 11.9 Å². The van der Waals surface area contributed by atoms with Crippen LogP contribution in [0.25, 0.3) is 0 Å². The predicted octanol–water partition coefficient (Wildman–Crippen LogP) is 7.45. The van der Waals surface area contributed by atoms with Crippen molar-refractivity contribution in [3.05, 3.63) is 90.8 Å². The summed E-state index contributed by atoms with van der Waals surface area (Å²) in [5.74, 6) is 3.14. The SMILES string of the molecule is CC(C)(C)[Si](C)(C)OC[C@H]1OC=CC[C@@H]1OCS.CC[C@H]1O[C@@H](n2ccc(=O)[nH]c2=O)[C@@H]2C[C@@H]21.CC[C@H]1O[C@@H](n2ccc(=O)[nH]c2=O)[C@@H]2C[C@@H]21.C[Si](C)(C)Oc1ccnc(O[Si](C)(C)C)n1. The fraction of sp³-hybridized carbons (Fsp3) is 0.689. The van der Waals surface area contributed by atoms with Gasteiger partial charge in [-0.1, -0.05) is 34.6 Å². The van der Waals surface area contributed by atoms with Crippen LogP contribution in [0.4, 0.5) is 0 Å². The van der Waals surface area contributed by atoms with Gasteiger partial charge in [0.2, 0.25) is 22.5 Å². The molecule has 4 fully saturated rings. The Bertz CT molecular complexity index is 2190. The third-order valence-corrected chi connectivity index (χ3v) is 18.7. The van der Waals surface area contributed by atoms with Gasteiger partial charge in [-0.2, -0.15) is 17.6 Å². The van der Waals surface area contributed by atoms with Gasteiger partial charge in [-0.3, -0.25) is 28.7 Å². The zero-order valence-electron chi connectivity index (χ0n) is 41.1. The Kier molecular flexibility index (Phi) is 18.0. The van der Waals surface area contributed by atoms with Gasteiger partial charge in [-0.25, -0.2) is 14.6 Å². The third kappa shape index (κ3) is 15.0. The van der Waals surface area contributed by atoms with E-state index in [1.807, 2.05) is 6.08 Å². The molecule has 0 amide bonds. The van der Waals surface area contributed by atoms with Crippen LogP contribution < -0.4 is 31.4 Å². The first-order chi connectivity index (χ1) is 30.8. The molecule has 2 N–H and O–H groups in total. The smallest absolute Gasteiger partial charge is 0.330 e. The molecule has 0 radical (unpaired) electrons. The minimum atomic E-state index is -1.72. The number of aromatic amines is 2. The van der Waals surface area contributed by atoms with Gasteiger partial charge in [-0.05, 0) is 107 Å². The molecule has 3 aromatic rings. The molecule has 2 saturated heterocycles. The summed E-state index contributed by atoms with van der Waals surface area (Å²) >= 11 is 4.11. The van der Waals surface area contributed by atoms with E-state index < -0.39 is 25.0 Å². The monoisotopic (exact) mass is 990 g/mol. The number of rotatable bonds is 13. The minimum Gasteiger partial charge on any atom is -0.531 e. The van der Waals surface area contributed by atoms with Crippen LogP contribution in [0.2, 0.25) is 57.4 Å². The summed E-state index contributed by atoms with van der Waals surface area (Å²) < 4.78 is 43.5. The Labute approximate surface area is 397 Å². The summed E-state index contributed by atoms with van der Waals surface area (Å²) in [6.07, 6.45) is 13.8. The van der Waals surface area contributed by atoms with E-state index in [0.717, 1.165) is 32.1 Å². The highest BCUT2D eigenvalue weighted by Gasteiger charge is 2.56. The summed E-state index contributed by atoms with van der Waals surface area (Å²) in [5, 5.41) is 0.220. The maximum absolute atomic E-state index is 11.6. The fourth-order valence-corrected chi connectivity index (χ4v) is 10.5. The minimum absolute atomic E-state index is 0.0173. The number of aromatic nitrogens is 6. The lowest BCUT2D eigenvalue weighted by molar-refractivity contribution is -0.0539. The molecule has 2 aliphatic carbocycles. The first kappa shape index (κ1) is 53.4. The molecule has 0 bridgehead atoms. The molecule has 0 spiro atoms. The van der Waals surface area contributed by atoms with Gasteiger partial charge < -0.3 is 32.2 Å². The summed E-state index contributed by atoms with van der Waals surface area (Å²) in [5.41, 5.74) is -1.47. The molecule has 3 aliphatic heterocycles. The maximum Gasteiger partial charge on any atom is 0.330 e. The topological polar surface area (TPSA) is 200 Å². The highest BCUT2D eigenvalue weighted by atomic mass is 32.1. The van der Waals surface area contributed by atoms with Crippen LogP contribution in [0, 0.1) is 23.7 Å². The molecular weight excluding hydrogens is 917 g/mol. The Morgan fingerprint density at radius 3 is 1.70 bits per heavy atom. The van der Waals surface area contributed by atoms with Crippen LogP contribution in [0.15, 0.2) is 68.3 Å². The molecule has 6 heterocycles. The van der Waals surface area contributed by atoms with Gasteiger partial charge >= 0.3 is 17.4 Å². The molecule has 0 aromatic carbocycles. The largest absolute Gasteiger partial charge is 0.531 e. The Hall–Kier alpha value is -3.58. The Morgan fingerprint density at radius 1 is 0.758 bits per heavy atom. The van der Waals surface area contributed by atoms with Crippen molar-refractivity contribution in [2.75, 3.05) is 12.5 Å². The molecule has 0 unspecified atom stereocenters. The summed E-state index contributed by atoms with van der Waals surface area (Å²) in [6, 6.07) is 4.92. The number of fused-ring (bicyclic) bond motifs is 2. The number of nitrogens with one attached hydrogen (secondary N) is 2. The van der Waals surface area contributed by atoms with Crippen LogP contribution in [0.1, 0.15) is 79.2 Å². The standard InChI is InChI=1S/C13H26O3SSi.2C11H14N2O3.C10H20N2O2Si2/c1-13(2,3)18(4,5)16-9-12-11(15-10-17)7-6-8-14-12;2*1-2-8-6-5-7(6)10(16-8)13-4-3-9(14)12-11(13)15;1-15(2,3)13-9-7-8-11-10(12-9)14-16(4,5)6/h6,8,11-12,17H,7,9-10H2,1-5H3;2*3-4,6-8,10H,2,5H2,1H3,(H,12,14,15);7-8H,1-6H3/t11-,12+;2*6-,7+,8+,10+;/m000./s1. The molecule has 8 rings (SSSR count). The lowest BCUT2D eigenvalue weighted by Gasteiger charge is -2.38. The zero-order chi connectivity index (χ0) is 48.8. The van der Waals surface area contributed by atoms with Crippen molar-refractivity contribution in [1.29, 1.82) is 0 Å². The van der Waals surface area contributed by atoms with Gasteiger partial charge in [-0.15, -0.1) is 0 Å². The molecule has 3 aromatic heterocycles. The summed E-state index contributed by atoms with van der Waals surface area (Å²) in [6.45, 7) is 28.7. The van der Waals surface area contributed by atoms with Gasteiger partial charge in [0.05, 0.1) is 31.0 Å². The Balaban J connectivity index is 0.000000165. The number of hydrogen-bond donors (Lipinski definition) is 3. The molecule has 368 valence electrons. The normalized spacial score (nSPS) is 27.3. The second-order valence-electron chi connectivity index (χ2n) is 20.9. The van der Waals surface area contributed by atoms with Crippen molar-refractivity contribution in [3.63, 3.8) is 0 Å². The van der Waals surface area contributed by atoms with E-state index in [1.54, 1.807) is 18.5 Å². The van der Waals surface area contributed by atoms with E-state index in [9.17, 15) is 19.2 Å². The lowest BCUT2D eigenvalue weighted by Crippen LogP contribution is -2.45. The van der Waals surface area contributed by atoms with Gasteiger partial charge in [0.25, 0.3) is 11.1 Å². The number of nitrogens with zero attached hydrogens (tertiary/aromatic N) is 4. The van der Waals surface area contributed by atoms with Crippen molar-refractivity contribution in [1.82, 2.24) is 29.1 Å². The van der Waals surface area contributed by atoms with E-state index in [4.69, 9.17) is 32.2 Å². The van der Waals surface area contributed by atoms with E-state index in [1.165, 1.54) is 33.7 Å². The average Bonchev–Trinajstić information content (AvgIpc) is 4.13. The van der Waals surface area contributed by atoms with Gasteiger partial charge in [0.15, 0.2) is 8.32 Å². The van der Waals surface area contributed by atoms with Gasteiger partial charge in [0.1, 0.15) is 24.7 Å².